The van der Waals surface area contributed by atoms with E-state index in [4.69, 9.17) is 27.9 Å². The van der Waals surface area contributed by atoms with Crippen LogP contribution in [0.25, 0.3) is 0 Å². The van der Waals surface area contributed by atoms with Crippen molar-refractivity contribution in [1.29, 1.82) is 0 Å². The smallest absolute Gasteiger partial charge is 0.245 e. The Kier molecular flexibility index (Phi) is 6.16. The van der Waals surface area contributed by atoms with Crippen LogP contribution in [0.15, 0.2) is 42.5 Å². The fourth-order valence-corrected chi connectivity index (χ4v) is 3.39. The monoisotopic (exact) mass is 402 g/mol. The zero-order valence-electron chi connectivity index (χ0n) is 13.5. The van der Waals surface area contributed by atoms with Crippen molar-refractivity contribution in [3.05, 3.63) is 52.5 Å². The van der Waals surface area contributed by atoms with Crippen molar-refractivity contribution in [3.8, 4) is 5.75 Å². The second kappa shape index (κ2) is 7.95. The van der Waals surface area contributed by atoms with Crippen molar-refractivity contribution < 1.29 is 17.9 Å². The first-order valence-electron chi connectivity index (χ1n) is 7.07. The molecule has 0 atom stereocenters. The second-order valence-electron chi connectivity index (χ2n) is 5.15. The molecule has 2 aromatic carbocycles. The molecule has 0 fully saturated rings. The molecule has 2 rings (SSSR count). The first-order valence-corrected chi connectivity index (χ1v) is 9.68. The Bertz CT molecular complexity index is 887. The number of sulfonamides is 1. The molecule has 25 heavy (non-hydrogen) atoms. The zero-order valence-corrected chi connectivity index (χ0v) is 15.8. The number of carbonyl (C=O) groups excluding carboxylic acids is 1. The fourth-order valence-electron chi connectivity index (χ4n) is 2.09. The highest BCUT2D eigenvalue weighted by atomic mass is 35.5. The average Bonchev–Trinajstić information content (AvgIpc) is 2.54. The first kappa shape index (κ1) is 19.4. The summed E-state index contributed by atoms with van der Waals surface area (Å²) in [4.78, 5) is 12.3. The average molecular weight is 403 g/mol. The van der Waals surface area contributed by atoms with E-state index in [1.165, 1.54) is 25.3 Å². The van der Waals surface area contributed by atoms with Gasteiger partial charge < -0.3 is 10.1 Å². The number of rotatable bonds is 6. The molecule has 0 unspecified atom stereocenters. The van der Waals surface area contributed by atoms with Crippen molar-refractivity contribution in [2.75, 3.05) is 29.5 Å². The van der Waals surface area contributed by atoms with E-state index >= 15 is 0 Å². The number of nitrogens with zero attached hydrogens (tertiary/aromatic N) is 1. The molecular formula is C16H16Cl2N2O4S. The third-order valence-electron chi connectivity index (χ3n) is 3.22. The van der Waals surface area contributed by atoms with Crippen LogP contribution in [-0.2, 0) is 14.8 Å². The van der Waals surface area contributed by atoms with Crippen LogP contribution in [-0.4, -0.2) is 34.2 Å². The molecule has 0 radical (unpaired) electrons. The molecule has 0 aliphatic rings. The van der Waals surface area contributed by atoms with Gasteiger partial charge in [-0.25, -0.2) is 8.42 Å². The summed E-state index contributed by atoms with van der Waals surface area (Å²) in [6.45, 7) is -0.448. The Hall–Kier alpha value is -1.96. The van der Waals surface area contributed by atoms with E-state index in [0.717, 1.165) is 10.6 Å². The number of hydrogen-bond acceptors (Lipinski definition) is 4. The van der Waals surface area contributed by atoms with E-state index in [-0.39, 0.29) is 10.7 Å². The molecule has 0 aliphatic heterocycles. The second-order valence-corrected chi connectivity index (χ2v) is 7.90. The molecule has 1 amide bonds. The molecule has 0 saturated heterocycles. The van der Waals surface area contributed by atoms with E-state index in [0.29, 0.717) is 16.5 Å². The minimum Gasteiger partial charge on any atom is -0.497 e. The van der Waals surface area contributed by atoms with Gasteiger partial charge in [-0.1, -0.05) is 29.3 Å². The minimum absolute atomic E-state index is 0.137. The van der Waals surface area contributed by atoms with Gasteiger partial charge in [0, 0.05) is 16.8 Å². The molecular weight excluding hydrogens is 387 g/mol. The van der Waals surface area contributed by atoms with Crippen molar-refractivity contribution in [3.63, 3.8) is 0 Å². The molecule has 0 saturated carbocycles. The quantitative estimate of drug-likeness (QED) is 0.802. The number of nitrogens with one attached hydrogen (secondary N) is 1. The van der Waals surface area contributed by atoms with Gasteiger partial charge in [-0.3, -0.25) is 9.10 Å². The molecule has 0 bridgehead atoms. The van der Waals surface area contributed by atoms with E-state index in [9.17, 15) is 13.2 Å². The van der Waals surface area contributed by atoms with Gasteiger partial charge in [-0.2, -0.15) is 0 Å². The van der Waals surface area contributed by atoms with Crippen LogP contribution in [0.2, 0.25) is 10.0 Å². The lowest BCUT2D eigenvalue weighted by Gasteiger charge is -2.23. The van der Waals surface area contributed by atoms with Gasteiger partial charge in [0.1, 0.15) is 12.3 Å². The lowest BCUT2D eigenvalue weighted by molar-refractivity contribution is -0.114. The molecule has 1 N–H and O–H groups in total. The van der Waals surface area contributed by atoms with Crippen LogP contribution >= 0.6 is 23.2 Å². The van der Waals surface area contributed by atoms with Crippen molar-refractivity contribution >= 4 is 50.5 Å². The number of ether oxygens (including phenoxy) is 1. The van der Waals surface area contributed by atoms with E-state index in [2.05, 4.69) is 5.32 Å². The maximum Gasteiger partial charge on any atom is 0.245 e. The zero-order chi connectivity index (χ0) is 18.6. The SMILES string of the molecule is COc1cccc(NC(=O)CN(c2cc(Cl)ccc2Cl)S(C)(=O)=O)c1. The van der Waals surface area contributed by atoms with Crippen LogP contribution in [0.5, 0.6) is 5.75 Å². The Labute approximate surface area is 156 Å². The molecule has 0 spiro atoms. The van der Waals surface area contributed by atoms with Gasteiger partial charge in [0.2, 0.25) is 15.9 Å². The van der Waals surface area contributed by atoms with E-state index < -0.39 is 22.5 Å². The minimum atomic E-state index is -3.75. The summed E-state index contributed by atoms with van der Waals surface area (Å²) in [6.07, 6.45) is 0.989. The number of amides is 1. The first-order chi connectivity index (χ1) is 11.7. The van der Waals surface area contributed by atoms with Crippen LogP contribution in [0.4, 0.5) is 11.4 Å². The highest BCUT2D eigenvalue weighted by molar-refractivity contribution is 7.92. The molecule has 0 heterocycles. The molecule has 0 aliphatic carbocycles. The predicted molar refractivity (Wildman–Crippen MR) is 100 cm³/mol. The number of halogens is 2. The number of hydrogen-bond donors (Lipinski definition) is 1. The molecule has 6 nitrogen and oxygen atoms in total. The summed E-state index contributed by atoms with van der Waals surface area (Å²) < 4.78 is 30.2. The van der Waals surface area contributed by atoms with Gasteiger partial charge in [0.25, 0.3) is 0 Å². The number of methoxy groups -OCH3 is 1. The largest absolute Gasteiger partial charge is 0.497 e. The number of benzene rings is 2. The lowest BCUT2D eigenvalue weighted by Crippen LogP contribution is -2.37. The van der Waals surface area contributed by atoms with Gasteiger partial charge in [-0.15, -0.1) is 0 Å². The van der Waals surface area contributed by atoms with E-state index in [1.807, 2.05) is 0 Å². The fraction of sp³-hybridized carbons (Fsp3) is 0.188. The molecule has 2 aromatic rings. The van der Waals surface area contributed by atoms with Gasteiger partial charge in [0.15, 0.2) is 0 Å². The summed E-state index contributed by atoms with van der Waals surface area (Å²) in [5.41, 5.74) is 0.618. The Balaban J connectivity index is 2.25. The van der Waals surface area contributed by atoms with Crippen molar-refractivity contribution in [2.24, 2.45) is 0 Å². The van der Waals surface area contributed by atoms with Gasteiger partial charge >= 0.3 is 0 Å². The highest BCUT2D eigenvalue weighted by Gasteiger charge is 2.23. The summed E-state index contributed by atoms with van der Waals surface area (Å²) in [5, 5.41) is 3.10. The van der Waals surface area contributed by atoms with Gasteiger partial charge in [-0.05, 0) is 30.3 Å². The maximum atomic E-state index is 12.3. The van der Waals surface area contributed by atoms with E-state index in [1.54, 1.807) is 24.3 Å². The van der Waals surface area contributed by atoms with Crippen LogP contribution in [0, 0.1) is 0 Å². The highest BCUT2D eigenvalue weighted by Crippen LogP contribution is 2.30. The maximum absolute atomic E-state index is 12.3. The molecule has 9 heteroatoms. The van der Waals surface area contributed by atoms with Gasteiger partial charge in [0.05, 0.1) is 24.1 Å². The number of carbonyl (C=O) groups is 1. The lowest BCUT2D eigenvalue weighted by atomic mass is 10.3. The summed E-state index contributed by atoms with van der Waals surface area (Å²) in [5.74, 6) is 0.0328. The normalized spacial score (nSPS) is 11.0. The Morgan fingerprint density at radius 1 is 1.20 bits per heavy atom. The third-order valence-corrected chi connectivity index (χ3v) is 4.90. The topological polar surface area (TPSA) is 75.7 Å². The molecule has 134 valence electrons. The number of anilines is 2. The summed E-state index contributed by atoms with van der Waals surface area (Å²) in [6, 6.07) is 11.1. The summed E-state index contributed by atoms with van der Waals surface area (Å²) >= 11 is 12.0. The van der Waals surface area contributed by atoms with Crippen LogP contribution in [0.1, 0.15) is 0 Å². The third kappa shape index (κ3) is 5.26. The Morgan fingerprint density at radius 3 is 2.56 bits per heavy atom. The van der Waals surface area contributed by atoms with Crippen molar-refractivity contribution in [1.82, 2.24) is 0 Å². The standard InChI is InChI=1S/C16H16Cl2N2O4S/c1-24-13-5-3-4-12(9-13)19-16(21)10-20(25(2,22)23)15-8-11(17)6-7-14(15)18/h3-9H,10H2,1-2H3,(H,19,21). The summed E-state index contributed by atoms with van der Waals surface area (Å²) in [7, 11) is -2.25. The Morgan fingerprint density at radius 2 is 1.92 bits per heavy atom. The molecule has 0 aromatic heterocycles. The van der Waals surface area contributed by atoms with Crippen LogP contribution in [0.3, 0.4) is 0 Å². The predicted octanol–water partition coefficient (Wildman–Crippen LogP) is 3.41. The van der Waals surface area contributed by atoms with Crippen molar-refractivity contribution in [2.45, 2.75) is 0 Å². The van der Waals surface area contributed by atoms with Crippen LogP contribution < -0.4 is 14.4 Å².